The van der Waals surface area contributed by atoms with Crippen LogP contribution in [0.15, 0.2) is 18.2 Å². The molecule has 21 heavy (non-hydrogen) atoms. The Balaban J connectivity index is 2.51. The summed E-state index contributed by atoms with van der Waals surface area (Å²) in [5.74, 6) is -0.318. The van der Waals surface area contributed by atoms with E-state index >= 15 is 0 Å². The molecule has 1 aromatic carbocycles. The number of urea groups is 1. The van der Waals surface area contributed by atoms with Gasteiger partial charge in [-0.15, -0.1) is 0 Å². The SMILES string of the molecule is CCC1(c2ccc(OC)c(C)c2)NC(=O)N(C(F)F)C1=O. The molecule has 1 aromatic rings. The van der Waals surface area contributed by atoms with Crippen molar-refractivity contribution in [3.05, 3.63) is 29.3 Å². The van der Waals surface area contributed by atoms with Crippen LogP contribution in [-0.2, 0) is 10.3 Å². The van der Waals surface area contributed by atoms with Crippen LogP contribution in [0.4, 0.5) is 13.6 Å². The Bertz CT molecular complexity index is 592. The van der Waals surface area contributed by atoms with Crippen molar-refractivity contribution in [2.24, 2.45) is 0 Å². The first-order valence-electron chi connectivity index (χ1n) is 6.46. The fraction of sp³-hybridized carbons (Fsp3) is 0.429. The van der Waals surface area contributed by atoms with Crippen molar-refractivity contribution in [2.75, 3.05) is 7.11 Å². The number of methoxy groups -OCH3 is 1. The zero-order valence-corrected chi connectivity index (χ0v) is 11.9. The van der Waals surface area contributed by atoms with Gasteiger partial charge < -0.3 is 10.1 Å². The maximum atomic E-state index is 12.9. The number of rotatable bonds is 4. The molecule has 0 saturated carbocycles. The molecule has 1 fully saturated rings. The van der Waals surface area contributed by atoms with Crippen LogP contribution in [0.2, 0.25) is 0 Å². The van der Waals surface area contributed by atoms with E-state index in [1.807, 2.05) is 0 Å². The number of imide groups is 1. The first kappa shape index (κ1) is 15.2. The summed E-state index contributed by atoms with van der Waals surface area (Å²) in [5.41, 5.74) is -0.241. The molecule has 1 aliphatic rings. The van der Waals surface area contributed by atoms with Gasteiger partial charge in [0.15, 0.2) is 0 Å². The highest BCUT2D eigenvalue weighted by molar-refractivity contribution is 6.07. The van der Waals surface area contributed by atoms with Gasteiger partial charge in [0, 0.05) is 0 Å². The number of nitrogens with one attached hydrogen (secondary N) is 1. The molecular weight excluding hydrogens is 282 g/mol. The molecule has 3 amide bonds. The number of benzene rings is 1. The Morgan fingerprint density at radius 1 is 1.38 bits per heavy atom. The quantitative estimate of drug-likeness (QED) is 0.686. The predicted molar refractivity (Wildman–Crippen MR) is 71.1 cm³/mol. The molecule has 1 atom stereocenters. The van der Waals surface area contributed by atoms with Crippen LogP contribution < -0.4 is 10.1 Å². The summed E-state index contributed by atoms with van der Waals surface area (Å²) < 4.78 is 30.9. The van der Waals surface area contributed by atoms with Crippen LogP contribution >= 0.6 is 0 Å². The van der Waals surface area contributed by atoms with E-state index in [4.69, 9.17) is 4.74 Å². The Morgan fingerprint density at radius 3 is 2.48 bits per heavy atom. The van der Waals surface area contributed by atoms with Crippen LogP contribution in [0, 0.1) is 6.92 Å². The van der Waals surface area contributed by atoms with Gasteiger partial charge in [-0.05, 0) is 36.6 Å². The van der Waals surface area contributed by atoms with Crippen molar-refractivity contribution in [1.29, 1.82) is 0 Å². The van der Waals surface area contributed by atoms with Crippen molar-refractivity contribution in [1.82, 2.24) is 10.2 Å². The van der Waals surface area contributed by atoms with Crippen molar-refractivity contribution < 1.29 is 23.1 Å². The number of halogens is 2. The van der Waals surface area contributed by atoms with Gasteiger partial charge in [-0.25, -0.2) is 9.69 Å². The summed E-state index contributed by atoms with van der Waals surface area (Å²) in [4.78, 5) is 23.9. The Morgan fingerprint density at radius 2 is 2.05 bits per heavy atom. The number of carbonyl (C=O) groups excluding carboxylic acids is 2. The van der Waals surface area contributed by atoms with E-state index in [1.165, 1.54) is 7.11 Å². The minimum absolute atomic E-state index is 0.0386. The van der Waals surface area contributed by atoms with E-state index in [9.17, 15) is 18.4 Å². The zero-order valence-electron chi connectivity index (χ0n) is 11.9. The highest BCUT2D eigenvalue weighted by Crippen LogP contribution is 2.35. The number of carbonyl (C=O) groups is 2. The molecule has 1 aliphatic heterocycles. The van der Waals surface area contributed by atoms with Crippen LogP contribution in [0.25, 0.3) is 0 Å². The molecule has 1 heterocycles. The van der Waals surface area contributed by atoms with Gasteiger partial charge in [0.25, 0.3) is 5.91 Å². The molecule has 0 radical (unpaired) electrons. The van der Waals surface area contributed by atoms with E-state index < -0.39 is 24.0 Å². The van der Waals surface area contributed by atoms with Gasteiger partial charge in [-0.1, -0.05) is 13.0 Å². The Kier molecular flexibility index (Phi) is 3.85. The van der Waals surface area contributed by atoms with Gasteiger partial charge in [0.1, 0.15) is 11.3 Å². The minimum Gasteiger partial charge on any atom is -0.496 e. The molecule has 5 nitrogen and oxygen atoms in total. The van der Waals surface area contributed by atoms with Gasteiger partial charge in [0.05, 0.1) is 7.11 Å². The molecule has 1 unspecified atom stereocenters. The van der Waals surface area contributed by atoms with Crippen LogP contribution in [0.3, 0.4) is 0 Å². The number of amides is 3. The lowest BCUT2D eigenvalue weighted by Gasteiger charge is -2.26. The maximum Gasteiger partial charge on any atom is 0.329 e. The normalized spacial score (nSPS) is 21.9. The molecule has 7 heteroatoms. The predicted octanol–water partition coefficient (Wildman–Crippen LogP) is 2.38. The smallest absolute Gasteiger partial charge is 0.329 e. The van der Waals surface area contributed by atoms with Crippen LogP contribution in [0.1, 0.15) is 24.5 Å². The lowest BCUT2D eigenvalue weighted by atomic mass is 9.86. The highest BCUT2D eigenvalue weighted by atomic mass is 19.3. The van der Waals surface area contributed by atoms with Gasteiger partial charge >= 0.3 is 12.6 Å². The summed E-state index contributed by atoms with van der Waals surface area (Å²) in [6.45, 7) is 0.273. The lowest BCUT2D eigenvalue weighted by Crippen LogP contribution is -2.44. The van der Waals surface area contributed by atoms with E-state index in [2.05, 4.69) is 5.32 Å². The van der Waals surface area contributed by atoms with E-state index in [-0.39, 0.29) is 11.3 Å². The van der Waals surface area contributed by atoms with Crippen molar-refractivity contribution in [3.8, 4) is 5.75 Å². The molecule has 114 valence electrons. The second-order valence-corrected chi connectivity index (χ2v) is 4.83. The third-order valence-corrected chi connectivity index (χ3v) is 3.74. The molecule has 2 rings (SSSR count). The second kappa shape index (κ2) is 5.31. The molecule has 1 N–H and O–H groups in total. The topological polar surface area (TPSA) is 58.6 Å². The largest absolute Gasteiger partial charge is 0.496 e. The molecule has 1 saturated heterocycles. The number of hydrogen-bond donors (Lipinski definition) is 1. The number of alkyl halides is 2. The lowest BCUT2D eigenvalue weighted by molar-refractivity contribution is -0.140. The average Bonchev–Trinajstić information content (AvgIpc) is 2.70. The zero-order chi connectivity index (χ0) is 15.8. The fourth-order valence-corrected chi connectivity index (χ4v) is 2.55. The Labute approximate surface area is 120 Å². The summed E-state index contributed by atoms with van der Waals surface area (Å²) in [5, 5.41) is 2.40. The van der Waals surface area contributed by atoms with Gasteiger partial charge in [-0.3, -0.25) is 4.79 Å². The van der Waals surface area contributed by atoms with Gasteiger partial charge in [-0.2, -0.15) is 8.78 Å². The summed E-state index contributed by atoms with van der Waals surface area (Å²) in [6.07, 6.45) is 0.173. The maximum absolute atomic E-state index is 12.9. The molecular formula is C14H16F2N2O3. The third kappa shape index (κ3) is 2.22. The standard InChI is InChI=1S/C14H16F2N2O3/c1-4-14(9-5-6-10(21-3)8(2)7-9)11(19)18(12(15)16)13(20)17-14/h5-7,12H,4H2,1-3H3,(H,17,20). The highest BCUT2D eigenvalue weighted by Gasteiger charge is 2.54. The molecule has 0 aromatic heterocycles. The van der Waals surface area contributed by atoms with Crippen molar-refractivity contribution in [3.63, 3.8) is 0 Å². The summed E-state index contributed by atoms with van der Waals surface area (Å²) >= 11 is 0. The van der Waals surface area contributed by atoms with Gasteiger partial charge in [0.2, 0.25) is 0 Å². The van der Waals surface area contributed by atoms with Crippen LogP contribution in [-0.4, -0.2) is 30.5 Å². The van der Waals surface area contributed by atoms with E-state index in [0.717, 1.165) is 5.56 Å². The third-order valence-electron chi connectivity index (χ3n) is 3.74. The number of ether oxygens (including phenoxy) is 1. The number of nitrogens with zero attached hydrogens (tertiary/aromatic N) is 1. The first-order valence-corrected chi connectivity index (χ1v) is 6.46. The van der Waals surface area contributed by atoms with Crippen LogP contribution in [0.5, 0.6) is 5.75 Å². The number of hydrogen-bond acceptors (Lipinski definition) is 3. The first-order chi connectivity index (χ1) is 9.87. The summed E-state index contributed by atoms with van der Waals surface area (Å²) in [6, 6.07) is 3.83. The average molecular weight is 298 g/mol. The minimum atomic E-state index is -3.16. The monoisotopic (exact) mass is 298 g/mol. The second-order valence-electron chi connectivity index (χ2n) is 4.83. The van der Waals surface area contributed by atoms with Crippen molar-refractivity contribution >= 4 is 11.9 Å². The van der Waals surface area contributed by atoms with E-state index in [1.54, 1.807) is 32.0 Å². The fourth-order valence-electron chi connectivity index (χ4n) is 2.55. The number of aryl methyl sites for hydroxylation is 1. The summed E-state index contributed by atoms with van der Waals surface area (Å²) in [7, 11) is 1.51. The van der Waals surface area contributed by atoms with E-state index in [0.29, 0.717) is 11.3 Å². The molecule has 0 spiro atoms. The van der Waals surface area contributed by atoms with Crippen molar-refractivity contribution in [2.45, 2.75) is 32.4 Å². The molecule has 0 bridgehead atoms. The Hall–Kier alpha value is -2.18. The molecule has 0 aliphatic carbocycles.